The molecule has 0 saturated carbocycles. The van der Waals surface area contributed by atoms with Crippen LogP contribution in [0.2, 0.25) is 0 Å². The number of rotatable bonds is 5. The Morgan fingerprint density at radius 3 is 2.96 bits per heavy atom. The average molecular weight is 330 g/mol. The fourth-order valence-electron chi connectivity index (χ4n) is 3.06. The van der Waals surface area contributed by atoms with E-state index < -0.39 is 6.10 Å². The molecule has 1 aliphatic rings. The van der Waals surface area contributed by atoms with Gasteiger partial charge < -0.3 is 19.3 Å². The molecule has 2 aromatic rings. The lowest BCUT2D eigenvalue weighted by Crippen LogP contribution is -2.29. The molecular weight excluding hydrogens is 308 g/mol. The number of aryl methyl sites for hydroxylation is 1. The Balaban J connectivity index is 1.67. The number of hydrogen-bond donors (Lipinski definition) is 1. The SMILES string of the molecule is CCOc1cccc(C(=O)N2CC(O)C(Cc3cc(C)no3)C2)c1. The molecule has 1 amide bonds. The predicted octanol–water partition coefficient (Wildman–Crippen LogP) is 2.06. The van der Waals surface area contributed by atoms with Crippen molar-refractivity contribution in [1.82, 2.24) is 10.1 Å². The van der Waals surface area contributed by atoms with E-state index in [1.54, 1.807) is 23.1 Å². The molecule has 0 aliphatic carbocycles. The lowest BCUT2D eigenvalue weighted by atomic mass is 10.0. The van der Waals surface area contributed by atoms with Crippen molar-refractivity contribution < 1.29 is 19.2 Å². The summed E-state index contributed by atoms with van der Waals surface area (Å²) in [5, 5.41) is 14.1. The highest BCUT2D eigenvalue weighted by molar-refractivity contribution is 5.94. The monoisotopic (exact) mass is 330 g/mol. The molecule has 1 aromatic heterocycles. The summed E-state index contributed by atoms with van der Waals surface area (Å²) in [7, 11) is 0. The van der Waals surface area contributed by atoms with E-state index in [2.05, 4.69) is 5.16 Å². The number of β-amino-alcohol motifs (C(OH)–C–C–N with tert-alkyl or cyclic N) is 1. The van der Waals surface area contributed by atoms with Crippen molar-refractivity contribution >= 4 is 5.91 Å². The third-order valence-electron chi connectivity index (χ3n) is 4.23. The van der Waals surface area contributed by atoms with E-state index in [1.165, 1.54) is 0 Å². The maximum absolute atomic E-state index is 12.7. The Kier molecular flexibility index (Phi) is 4.85. The van der Waals surface area contributed by atoms with Crippen LogP contribution < -0.4 is 4.74 Å². The van der Waals surface area contributed by atoms with Crippen LogP contribution in [0.25, 0.3) is 0 Å². The maximum Gasteiger partial charge on any atom is 0.254 e. The number of carbonyl (C=O) groups is 1. The molecule has 1 saturated heterocycles. The van der Waals surface area contributed by atoms with Gasteiger partial charge in [0.1, 0.15) is 11.5 Å². The first-order valence-electron chi connectivity index (χ1n) is 8.19. The van der Waals surface area contributed by atoms with Crippen LogP contribution in [0.3, 0.4) is 0 Å². The number of aliphatic hydroxyl groups excluding tert-OH is 1. The number of ether oxygens (including phenoxy) is 1. The third kappa shape index (κ3) is 3.59. The van der Waals surface area contributed by atoms with Crippen LogP contribution >= 0.6 is 0 Å². The van der Waals surface area contributed by atoms with Crippen LogP contribution in [0.15, 0.2) is 34.9 Å². The number of likely N-dealkylation sites (tertiary alicyclic amines) is 1. The van der Waals surface area contributed by atoms with Crippen molar-refractivity contribution in [3.05, 3.63) is 47.3 Å². The molecule has 24 heavy (non-hydrogen) atoms. The molecule has 6 heteroatoms. The van der Waals surface area contributed by atoms with E-state index >= 15 is 0 Å². The number of aromatic nitrogens is 1. The minimum absolute atomic E-state index is 0.0450. The Morgan fingerprint density at radius 1 is 1.42 bits per heavy atom. The minimum atomic E-state index is -0.561. The van der Waals surface area contributed by atoms with Gasteiger partial charge in [-0.1, -0.05) is 11.2 Å². The molecule has 0 bridgehead atoms. The molecular formula is C18H22N2O4. The van der Waals surface area contributed by atoms with Crippen molar-refractivity contribution in [2.75, 3.05) is 19.7 Å². The molecule has 6 nitrogen and oxygen atoms in total. The van der Waals surface area contributed by atoms with E-state index in [0.29, 0.717) is 37.4 Å². The van der Waals surface area contributed by atoms with Crippen LogP contribution in [-0.4, -0.2) is 46.9 Å². The molecule has 2 heterocycles. The van der Waals surface area contributed by atoms with E-state index in [-0.39, 0.29) is 11.8 Å². The van der Waals surface area contributed by atoms with Crippen molar-refractivity contribution in [2.24, 2.45) is 5.92 Å². The molecule has 3 rings (SSSR count). The third-order valence-corrected chi connectivity index (χ3v) is 4.23. The van der Waals surface area contributed by atoms with Gasteiger partial charge in [-0.2, -0.15) is 0 Å². The molecule has 1 N–H and O–H groups in total. The molecule has 1 aliphatic heterocycles. The Bertz CT molecular complexity index is 713. The number of amides is 1. The molecule has 1 fully saturated rings. The average Bonchev–Trinajstić information content (AvgIpc) is 3.14. The summed E-state index contributed by atoms with van der Waals surface area (Å²) in [6.45, 7) is 5.15. The quantitative estimate of drug-likeness (QED) is 0.908. The Hall–Kier alpha value is -2.34. The first-order chi connectivity index (χ1) is 11.6. The summed E-state index contributed by atoms with van der Waals surface area (Å²) in [4.78, 5) is 14.4. The van der Waals surface area contributed by atoms with Crippen molar-refractivity contribution in [3.63, 3.8) is 0 Å². The second-order valence-corrected chi connectivity index (χ2v) is 6.14. The van der Waals surface area contributed by atoms with Gasteiger partial charge >= 0.3 is 0 Å². The zero-order valence-electron chi connectivity index (χ0n) is 13.9. The molecule has 2 unspecified atom stereocenters. The van der Waals surface area contributed by atoms with Crippen LogP contribution in [-0.2, 0) is 6.42 Å². The van der Waals surface area contributed by atoms with Gasteiger partial charge in [-0.15, -0.1) is 0 Å². The van der Waals surface area contributed by atoms with Gasteiger partial charge in [0.25, 0.3) is 5.91 Å². The van der Waals surface area contributed by atoms with E-state index in [0.717, 1.165) is 11.5 Å². The fraction of sp³-hybridized carbons (Fsp3) is 0.444. The van der Waals surface area contributed by atoms with Gasteiger partial charge in [0, 0.05) is 37.1 Å². The second kappa shape index (κ2) is 7.05. The summed E-state index contributed by atoms with van der Waals surface area (Å²) in [5.74, 6) is 1.28. The van der Waals surface area contributed by atoms with Gasteiger partial charge in [-0.05, 0) is 32.0 Å². The van der Waals surface area contributed by atoms with Crippen molar-refractivity contribution in [1.29, 1.82) is 0 Å². The number of carbonyl (C=O) groups excluding carboxylic acids is 1. The highest BCUT2D eigenvalue weighted by atomic mass is 16.5. The fourth-order valence-corrected chi connectivity index (χ4v) is 3.06. The standard InChI is InChI=1S/C18H22N2O4/c1-3-23-15-6-4-5-13(8-15)18(22)20-10-14(17(21)11-20)9-16-7-12(2)19-24-16/h4-8,14,17,21H,3,9-11H2,1-2H3. The van der Waals surface area contributed by atoms with E-state index in [4.69, 9.17) is 9.26 Å². The maximum atomic E-state index is 12.7. The largest absolute Gasteiger partial charge is 0.494 e. The molecule has 2 atom stereocenters. The minimum Gasteiger partial charge on any atom is -0.494 e. The smallest absolute Gasteiger partial charge is 0.254 e. The number of aliphatic hydroxyl groups is 1. The molecule has 128 valence electrons. The number of benzene rings is 1. The van der Waals surface area contributed by atoms with Crippen LogP contribution in [0.1, 0.15) is 28.7 Å². The molecule has 0 radical (unpaired) electrons. The lowest BCUT2D eigenvalue weighted by Gasteiger charge is -2.16. The summed E-state index contributed by atoms with van der Waals surface area (Å²) in [5.41, 5.74) is 1.39. The van der Waals surface area contributed by atoms with Gasteiger partial charge in [0.05, 0.1) is 18.4 Å². The molecule has 1 aromatic carbocycles. The van der Waals surface area contributed by atoms with Crippen LogP contribution in [0, 0.1) is 12.8 Å². The number of hydrogen-bond acceptors (Lipinski definition) is 5. The summed E-state index contributed by atoms with van der Waals surface area (Å²) < 4.78 is 10.7. The van der Waals surface area contributed by atoms with Gasteiger partial charge in [0.15, 0.2) is 0 Å². The van der Waals surface area contributed by atoms with Crippen molar-refractivity contribution in [3.8, 4) is 5.75 Å². The predicted molar refractivity (Wildman–Crippen MR) is 88.0 cm³/mol. The zero-order valence-corrected chi connectivity index (χ0v) is 13.9. The normalized spacial score (nSPS) is 20.4. The lowest BCUT2D eigenvalue weighted by molar-refractivity contribution is 0.0764. The highest BCUT2D eigenvalue weighted by Crippen LogP contribution is 2.24. The topological polar surface area (TPSA) is 75.8 Å². The van der Waals surface area contributed by atoms with Crippen LogP contribution in [0.5, 0.6) is 5.75 Å². The first-order valence-corrected chi connectivity index (χ1v) is 8.19. The van der Waals surface area contributed by atoms with Crippen molar-refractivity contribution in [2.45, 2.75) is 26.4 Å². The molecule has 0 spiro atoms. The Morgan fingerprint density at radius 2 is 2.25 bits per heavy atom. The zero-order chi connectivity index (χ0) is 17.1. The van der Waals surface area contributed by atoms with E-state index in [9.17, 15) is 9.90 Å². The van der Waals surface area contributed by atoms with Gasteiger partial charge in [-0.25, -0.2) is 0 Å². The van der Waals surface area contributed by atoms with Gasteiger partial charge in [-0.3, -0.25) is 4.79 Å². The first kappa shape index (κ1) is 16.5. The Labute approximate surface area is 141 Å². The highest BCUT2D eigenvalue weighted by Gasteiger charge is 2.35. The number of nitrogens with zero attached hydrogens (tertiary/aromatic N) is 2. The van der Waals surface area contributed by atoms with Crippen LogP contribution in [0.4, 0.5) is 0 Å². The summed E-state index contributed by atoms with van der Waals surface area (Å²) in [6, 6.07) is 9.01. The van der Waals surface area contributed by atoms with E-state index in [1.807, 2.05) is 26.0 Å². The summed E-state index contributed by atoms with van der Waals surface area (Å²) in [6.07, 6.45) is 0.0135. The van der Waals surface area contributed by atoms with Gasteiger partial charge in [0.2, 0.25) is 0 Å². The summed E-state index contributed by atoms with van der Waals surface area (Å²) >= 11 is 0. The second-order valence-electron chi connectivity index (χ2n) is 6.14.